The monoisotopic (exact) mass is 547 g/mol. The molecule has 4 amide bonds. The summed E-state index contributed by atoms with van der Waals surface area (Å²) in [6, 6.07) is 19.9. The molecule has 9 heteroatoms. The van der Waals surface area contributed by atoms with Crippen LogP contribution in [0.2, 0.25) is 0 Å². The quantitative estimate of drug-likeness (QED) is 0.283. The van der Waals surface area contributed by atoms with Gasteiger partial charge in [0.2, 0.25) is 23.6 Å². The van der Waals surface area contributed by atoms with E-state index in [9.17, 15) is 19.2 Å². The first-order valence-corrected chi connectivity index (χ1v) is 13.9. The minimum atomic E-state index is -1.38. The van der Waals surface area contributed by atoms with Crippen molar-refractivity contribution in [1.29, 1.82) is 0 Å². The molecule has 3 aliphatic rings. The first-order valence-electron chi connectivity index (χ1n) is 13.9. The fourth-order valence-corrected chi connectivity index (χ4v) is 7.05. The number of H-pyrrole nitrogens is 1. The SMILES string of the molecule is CCc1cccc2c1NC(=O)[C@@]21N[C@@H](Cc2c[nH]c3ccccc23)[C@H]2C(=O)N(c3ccc(NC(C)=O)cc3)C(=O)[C@@H]21. The minimum Gasteiger partial charge on any atom is -0.361 e. The van der Waals surface area contributed by atoms with Crippen molar-refractivity contribution in [3.63, 3.8) is 0 Å². The van der Waals surface area contributed by atoms with Crippen LogP contribution in [0.1, 0.15) is 30.5 Å². The molecule has 3 aliphatic heterocycles. The number of nitrogens with zero attached hydrogens (tertiary/aromatic N) is 1. The van der Waals surface area contributed by atoms with Crippen molar-refractivity contribution in [1.82, 2.24) is 10.3 Å². The predicted octanol–water partition coefficient (Wildman–Crippen LogP) is 3.86. The molecule has 4 atom stereocenters. The van der Waals surface area contributed by atoms with Crippen molar-refractivity contribution in [2.24, 2.45) is 11.8 Å². The number of para-hydroxylation sites is 2. The number of aromatic amines is 1. The maximum absolute atomic E-state index is 14.3. The number of carbonyl (C=O) groups excluding carboxylic acids is 4. The normalized spacial score (nSPS) is 24.7. The number of amides is 4. The summed E-state index contributed by atoms with van der Waals surface area (Å²) in [7, 11) is 0. The molecule has 206 valence electrons. The number of imide groups is 1. The standard InChI is InChI=1S/C32H29N5O4/c1-3-18-7-6-9-23-28(18)35-31(41)32(23)27-26(25(36-32)15-19-16-33-24-10-5-4-8-22(19)24)29(39)37(30(27)40)21-13-11-20(12-14-21)34-17(2)38/h4-14,16,25-27,33,36H,3,15H2,1-2H3,(H,34,38)(H,35,41)/t25-,26+,27+,32+/m0/s1. The Labute approximate surface area is 236 Å². The zero-order valence-electron chi connectivity index (χ0n) is 22.7. The molecule has 7 rings (SSSR count). The smallest absolute Gasteiger partial charge is 0.250 e. The molecule has 41 heavy (non-hydrogen) atoms. The van der Waals surface area contributed by atoms with Crippen LogP contribution in [0, 0.1) is 11.8 Å². The van der Waals surface area contributed by atoms with Gasteiger partial charge >= 0.3 is 0 Å². The lowest BCUT2D eigenvalue weighted by molar-refractivity contribution is -0.130. The molecule has 0 unspecified atom stereocenters. The summed E-state index contributed by atoms with van der Waals surface area (Å²) in [6.07, 6.45) is 3.10. The van der Waals surface area contributed by atoms with Crippen LogP contribution >= 0.6 is 0 Å². The van der Waals surface area contributed by atoms with Gasteiger partial charge in [-0.1, -0.05) is 43.3 Å². The van der Waals surface area contributed by atoms with Crippen LogP contribution in [0.25, 0.3) is 10.9 Å². The third-order valence-corrected chi connectivity index (χ3v) is 8.78. The molecule has 2 fully saturated rings. The van der Waals surface area contributed by atoms with E-state index in [0.717, 1.165) is 27.7 Å². The summed E-state index contributed by atoms with van der Waals surface area (Å²) in [5, 5.41) is 10.4. The van der Waals surface area contributed by atoms with E-state index in [-0.39, 0.29) is 17.7 Å². The lowest BCUT2D eigenvalue weighted by atomic mass is 9.76. The van der Waals surface area contributed by atoms with Crippen molar-refractivity contribution in [2.75, 3.05) is 15.5 Å². The van der Waals surface area contributed by atoms with Gasteiger partial charge in [-0.05, 0) is 54.3 Å². The van der Waals surface area contributed by atoms with Gasteiger partial charge in [0.15, 0.2) is 0 Å². The average Bonchev–Trinajstić information content (AvgIpc) is 3.67. The lowest BCUT2D eigenvalue weighted by Gasteiger charge is -2.29. The fraction of sp³-hybridized carbons (Fsp3) is 0.250. The highest BCUT2D eigenvalue weighted by atomic mass is 16.2. The maximum atomic E-state index is 14.3. The fourth-order valence-electron chi connectivity index (χ4n) is 7.05. The van der Waals surface area contributed by atoms with E-state index < -0.39 is 29.3 Å². The first-order chi connectivity index (χ1) is 19.8. The number of fused-ring (bicyclic) bond motifs is 5. The van der Waals surface area contributed by atoms with Crippen molar-refractivity contribution in [2.45, 2.75) is 38.3 Å². The number of carbonyl (C=O) groups is 4. The molecule has 4 aromatic rings. The molecule has 2 saturated heterocycles. The highest BCUT2D eigenvalue weighted by Crippen LogP contribution is 2.54. The molecule has 0 saturated carbocycles. The van der Waals surface area contributed by atoms with Crippen LogP contribution in [0.3, 0.4) is 0 Å². The second kappa shape index (κ2) is 9.14. The number of rotatable bonds is 5. The lowest BCUT2D eigenvalue weighted by Crippen LogP contribution is -2.53. The highest BCUT2D eigenvalue weighted by Gasteiger charge is 2.70. The number of aryl methyl sites for hydroxylation is 1. The Balaban J connectivity index is 1.34. The Hall–Kier alpha value is -4.76. The van der Waals surface area contributed by atoms with Crippen LogP contribution in [-0.4, -0.2) is 34.7 Å². The second-order valence-electron chi connectivity index (χ2n) is 11.0. The molecule has 0 bridgehead atoms. The minimum absolute atomic E-state index is 0.217. The average molecular weight is 548 g/mol. The third kappa shape index (κ3) is 3.58. The molecule has 0 radical (unpaired) electrons. The molecule has 9 nitrogen and oxygen atoms in total. The van der Waals surface area contributed by atoms with Crippen LogP contribution < -0.4 is 20.9 Å². The molecular weight excluding hydrogens is 518 g/mol. The van der Waals surface area contributed by atoms with E-state index in [1.54, 1.807) is 24.3 Å². The van der Waals surface area contributed by atoms with E-state index >= 15 is 0 Å². The largest absolute Gasteiger partial charge is 0.361 e. The van der Waals surface area contributed by atoms with Gasteiger partial charge < -0.3 is 15.6 Å². The van der Waals surface area contributed by atoms with E-state index in [1.807, 2.05) is 55.6 Å². The van der Waals surface area contributed by atoms with Crippen molar-refractivity contribution < 1.29 is 19.2 Å². The number of hydrogen-bond acceptors (Lipinski definition) is 5. The van der Waals surface area contributed by atoms with Gasteiger partial charge in [-0.25, -0.2) is 4.90 Å². The second-order valence-corrected chi connectivity index (χ2v) is 11.0. The van der Waals surface area contributed by atoms with Gasteiger partial charge in [0.05, 0.1) is 17.5 Å². The number of benzene rings is 3. The van der Waals surface area contributed by atoms with Crippen LogP contribution in [0.5, 0.6) is 0 Å². The molecular formula is C32H29N5O4. The van der Waals surface area contributed by atoms with Crippen LogP contribution in [-0.2, 0) is 37.6 Å². The van der Waals surface area contributed by atoms with Crippen LogP contribution in [0.15, 0.2) is 72.9 Å². The molecule has 0 aliphatic carbocycles. The summed E-state index contributed by atoms with van der Waals surface area (Å²) in [5.41, 5.74) is 4.00. The van der Waals surface area contributed by atoms with Crippen LogP contribution in [0.4, 0.5) is 17.1 Å². The van der Waals surface area contributed by atoms with Crippen molar-refractivity contribution in [3.05, 3.63) is 89.6 Å². The van der Waals surface area contributed by atoms with E-state index in [0.29, 0.717) is 29.8 Å². The Bertz CT molecular complexity index is 1760. The Morgan fingerprint density at radius 2 is 1.73 bits per heavy atom. The molecule has 4 N–H and O–H groups in total. The summed E-state index contributed by atoms with van der Waals surface area (Å²) in [6.45, 7) is 3.44. The third-order valence-electron chi connectivity index (χ3n) is 8.78. The zero-order chi connectivity index (χ0) is 28.5. The Morgan fingerprint density at radius 3 is 2.49 bits per heavy atom. The molecule has 4 heterocycles. The Morgan fingerprint density at radius 1 is 0.951 bits per heavy atom. The van der Waals surface area contributed by atoms with Crippen molar-refractivity contribution in [3.8, 4) is 0 Å². The van der Waals surface area contributed by atoms with Gasteiger partial charge in [-0.3, -0.25) is 24.5 Å². The van der Waals surface area contributed by atoms with Crippen molar-refractivity contribution >= 4 is 51.6 Å². The number of anilines is 3. The number of aromatic nitrogens is 1. The van der Waals surface area contributed by atoms with E-state index in [1.165, 1.54) is 11.8 Å². The summed E-state index contributed by atoms with van der Waals surface area (Å²) in [5.74, 6) is -2.96. The molecule has 1 aromatic heterocycles. The predicted molar refractivity (Wildman–Crippen MR) is 155 cm³/mol. The van der Waals surface area contributed by atoms with E-state index in [4.69, 9.17) is 0 Å². The summed E-state index contributed by atoms with van der Waals surface area (Å²) >= 11 is 0. The van der Waals surface area contributed by atoms with Gasteiger partial charge in [-0.15, -0.1) is 0 Å². The Kier molecular flexibility index (Phi) is 5.62. The zero-order valence-corrected chi connectivity index (χ0v) is 22.7. The van der Waals surface area contributed by atoms with Gasteiger partial charge in [-0.2, -0.15) is 0 Å². The summed E-state index contributed by atoms with van der Waals surface area (Å²) < 4.78 is 0. The summed E-state index contributed by atoms with van der Waals surface area (Å²) in [4.78, 5) is 58.5. The highest BCUT2D eigenvalue weighted by molar-refractivity contribution is 6.26. The van der Waals surface area contributed by atoms with Gasteiger partial charge in [0.25, 0.3) is 0 Å². The molecule has 1 spiro atoms. The first kappa shape index (κ1) is 25.2. The van der Waals surface area contributed by atoms with E-state index in [2.05, 4.69) is 20.9 Å². The van der Waals surface area contributed by atoms with Gasteiger partial charge in [0, 0.05) is 47.0 Å². The number of nitrogens with one attached hydrogen (secondary N) is 4. The topological polar surface area (TPSA) is 123 Å². The number of hydrogen-bond donors (Lipinski definition) is 4. The van der Waals surface area contributed by atoms with Gasteiger partial charge in [0.1, 0.15) is 5.54 Å². The maximum Gasteiger partial charge on any atom is 0.250 e. The molecule has 3 aromatic carbocycles.